The Hall–Kier alpha value is -1.13. The first kappa shape index (κ1) is 17.0. The second-order valence-corrected chi connectivity index (χ2v) is 8.99. The van der Waals surface area contributed by atoms with Gasteiger partial charge in [0.05, 0.1) is 5.88 Å². The highest BCUT2D eigenvalue weighted by Gasteiger charge is 2.37. The number of halogens is 2. The minimum Gasteiger partial charge on any atom is -0.337 e. The zero-order chi connectivity index (χ0) is 17.7. The van der Waals surface area contributed by atoms with Crippen molar-refractivity contribution in [3.8, 4) is 0 Å². The summed E-state index contributed by atoms with van der Waals surface area (Å²) in [5, 5.41) is 3.69. The molecule has 0 radical (unpaired) electrons. The number of fused-ring (bicyclic) bond motifs is 1. The summed E-state index contributed by atoms with van der Waals surface area (Å²) in [6.07, 6.45) is 4.79. The van der Waals surface area contributed by atoms with Gasteiger partial charge in [0.2, 0.25) is 0 Å². The molecule has 2 aliphatic heterocycles. The van der Waals surface area contributed by atoms with Crippen molar-refractivity contribution in [1.82, 2.24) is 4.90 Å². The van der Waals surface area contributed by atoms with Gasteiger partial charge in [0, 0.05) is 47.0 Å². The highest BCUT2D eigenvalue weighted by Crippen LogP contribution is 2.44. The molecular weight excluding hydrogens is 383 g/mol. The third-order valence-corrected chi connectivity index (χ3v) is 6.88. The Bertz CT molecular complexity index is 878. The molecule has 0 bridgehead atoms. The summed E-state index contributed by atoms with van der Waals surface area (Å²) in [5.41, 5.74) is 5.20. The van der Waals surface area contributed by atoms with Crippen molar-refractivity contribution >= 4 is 40.7 Å². The van der Waals surface area contributed by atoms with Crippen molar-refractivity contribution in [2.24, 2.45) is 0 Å². The maximum absolute atomic E-state index is 6.62. The number of anilines is 1. The van der Waals surface area contributed by atoms with E-state index in [1.807, 2.05) is 17.8 Å². The van der Waals surface area contributed by atoms with E-state index in [0.29, 0.717) is 12.0 Å². The molecule has 0 amide bonds. The van der Waals surface area contributed by atoms with Crippen LogP contribution in [0.4, 0.5) is 5.69 Å². The average molecular weight is 403 g/mol. The van der Waals surface area contributed by atoms with Crippen LogP contribution in [-0.4, -0.2) is 23.4 Å². The first-order valence-corrected chi connectivity index (χ1v) is 10.9. The second kappa shape index (κ2) is 6.79. The van der Waals surface area contributed by atoms with E-state index in [-0.39, 0.29) is 0 Å². The summed E-state index contributed by atoms with van der Waals surface area (Å²) < 4.78 is 0. The molecule has 5 rings (SSSR count). The zero-order valence-corrected chi connectivity index (χ0v) is 16.7. The summed E-state index contributed by atoms with van der Waals surface area (Å²) in [5.74, 6) is 1.27. The van der Waals surface area contributed by atoms with Gasteiger partial charge in [0.25, 0.3) is 0 Å². The Labute approximate surface area is 168 Å². The first-order chi connectivity index (χ1) is 12.7. The summed E-state index contributed by atoms with van der Waals surface area (Å²) in [6.45, 7) is 1.98. The van der Waals surface area contributed by atoms with Crippen LogP contribution in [0.5, 0.6) is 0 Å². The van der Waals surface area contributed by atoms with Crippen LogP contribution in [-0.2, 0) is 6.54 Å². The van der Waals surface area contributed by atoms with Crippen LogP contribution in [0.15, 0.2) is 48.0 Å². The number of rotatable bonds is 3. The SMILES string of the molecule is Clc1cc(Cl)c2c(c1)[C@H](c1ccccc1N1C=CSC1)CN(C1CC1)C2. The van der Waals surface area contributed by atoms with E-state index in [1.165, 1.54) is 35.2 Å². The highest BCUT2D eigenvalue weighted by molar-refractivity contribution is 8.02. The molecule has 1 aliphatic carbocycles. The lowest BCUT2D eigenvalue weighted by molar-refractivity contribution is 0.230. The molecule has 134 valence electrons. The summed E-state index contributed by atoms with van der Waals surface area (Å²) in [4.78, 5) is 4.94. The van der Waals surface area contributed by atoms with E-state index in [1.54, 1.807) is 0 Å². The van der Waals surface area contributed by atoms with Crippen molar-refractivity contribution in [3.63, 3.8) is 0 Å². The van der Waals surface area contributed by atoms with Gasteiger partial charge < -0.3 is 4.90 Å². The lowest BCUT2D eigenvalue weighted by atomic mass is 9.83. The monoisotopic (exact) mass is 402 g/mol. The number of benzene rings is 2. The number of para-hydroxylation sites is 1. The molecule has 1 atom stereocenters. The number of thioether (sulfide) groups is 1. The fourth-order valence-corrected chi connectivity index (χ4v) is 5.44. The largest absolute Gasteiger partial charge is 0.337 e. The summed E-state index contributed by atoms with van der Waals surface area (Å²) >= 11 is 14.8. The van der Waals surface area contributed by atoms with Crippen molar-refractivity contribution in [3.05, 3.63) is 74.7 Å². The molecule has 2 aromatic carbocycles. The van der Waals surface area contributed by atoms with Crippen molar-refractivity contribution < 1.29 is 0 Å². The predicted octanol–water partition coefficient (Wildman–Crippen LogP) is 6.09. The third-order valence-electron chi connectivity index (χ3n) is 5.58. The molecule has 1 fully saturated rings. The van der Waals surface area contributed by atoms with Gasteiger partial charge in [0.15, 0.2) is 0 Å². The Morgan fingerprint density at radius 3 is 2.65 bits per heavy atom. The number of hydrogen-bond acceptors (Lipinski definition) is 3. The Kier molecular flexibility index (Phi) is 4.44. The molecule has 3 aliphatic rings. The standard InChI is InChI=1S/C21H20Cl2N2S/c22-14-9-17-18(11-25(15-5-6-15)12-19(17)20(23)10-14)16-3-1-2-4-21(16)24-7-8-26-13-24/h1-4,7-10,15,18H,5-6,11-13H2/t18-/m0/s1. The fraction of sp³-hybridized carbons (Fsp3) is 0.333. The minimum atomic E-state index is 0.297. The van der Waals surface area contributed by atoms with Crippen LogP contribution in [0.3, 0.4) is 0 Å². The maximum atomic E-state index is 6.62. The van der Waals surface area contributed by atoms with Crippen LogP contribution >= 0.6 is 35.0 Å². The quantitative estimate of drug-likeness (QED) is 0.613. The average Bonchev–Trinajstić information content (AvgIpc) is 3.35. The van der Waals surface area contributed by atoms with Gasteiger partial charge in [-0.15, -0.1) is 11.8 Å². The van der Waals surface area contributed by atoms with Crippen LogP contribution < -0.4 is 4.90 Å². The molecule has 26 heavy (non-hydrogen) atoms. The molecule has 0 N–H and O–H groups in total. The lowest BCUT2D eigenvalue weighted by Gasteiger charge is -2.37. The lowest BCUT2D eigenvalue weighted by Crippen LogP contribution is -2.36. The second-order valence-electron chi connectivity index (χ2n) is 7.28. The number of nitrogens with zero attached hydrogens (tertiary/aromatic N) is 2. The van der Waals surface area contributed by atoms with E-state index in [0.717, 1.165) is 29.0 Å². The normalized spacial score (nSPS) is 22.7. The van der Waals surface area contributed by atoms with Gasteiger partial charge in [-0.05, 0) is 53.1 Å². The molecule has 2 nitrogen and oxygen atoms in total. The highest BCUT2D eigenvalue weighted by atomic mass is 35.5. The van der Waals surface area contributed by atoms with Gasteiger partial charge in [-0.1, -0.05) is 41.4 Å². The van der Waals surface area contributed by atoms with Crippen LogP contribution in [0.1, 0.15) is 35.4 Å². The molecule has 2 aromatic rings. The van der Waals surface area contributed by atoms with Gasteiger partial charge in [-0.2, -0.15) is 0 Å². The van der Waals surface area contributed by atoms with Gasteiger partial charge >= 0.3 is 0 Å². The van der Waals surface area contributed by atoms with Gasteiger partial charge in [0.1, 0.15) is 0 Å². The van der Waals surface area contributed by atoms with E-state index < -0.39 is 0 Å². The molecular formula is C21H20Cl2N2S. The van der Waals surface area contributed by atoms with E-state index in [9.17, 15) is 0 Å². The first-order valence-electron chi connectivity index (χ1n) is 9.06. The van der Waals surface area contributed by atoms with E-state index >= 15 is 0 Å². The summed E-state index contributed by atoms with van der Waals surface area (Å²) in [7, 11) is 0. The van der Waals surface area contributed by atoms with E-state index in [4.69, 9.17) is 23.2 Å². The Morgan fingerprint density at radius 2 is 1.88 bits per heavy atom. The molecule has 2 heterocycles. The zero-order valence-electron chi connectivity index (χ0n) is 14.4. The fourth-order valence-electron chi connectivity index (χ4n) is 4.16. The minimum absolute atomic E-state index is 0.297. The number of hydrogen-bond donors (Lipinski definition) is 0. The van der Waals surface area contributed by atoms with E-state index in [2.05, 4.69) is 51.7 Å². The van der Waals surface area contributed by atoms with Crippen LogP contribution in [0.2, 0.25) is 10.0 Å². The maximum Gasteiger partial charge on any atom is 0.0723 e. The van der Waals surface area contributed by atoms with Gasteiger partial charge in [-0.3, -0.25) is 4.90 Å². The molecule has 0 saturated heterocycles. The van der Waals surface area contributed by atoms with Crippen molar-refractivity contribution in [2.75, 3.05) is 17.3 Å². The molecule has 0 spiro atoms. The topological polar surface area (TPSA) is 6.48 Å². The molecule has 1 saturated carbocycles. The Balaban J connectivity index is 1.63. The van der Waals surface area contributed by atoms with Crippen LogP contribution in [0.25, 0.3) is 0 Å². The van der Waals surface area contributed by atoms with Gasteiger partial charge in [-0.25, -0.2) is 0 Å². The predicted molar refractivity (Wildman–Crippen MR) is 112 cm³/mol. The van der Waals surface area contributed by atoms with Crippen LogP contribution in [0, 0.1) is 0 Å². The molecule has 0 unspecified atom stereocenters. The Morgan fingerprint density at radius 1 is 1.04 bits per heavy atom. The van der Waals surface area contributed by atoms with Crippen molar-refractivity contribution in [2.45, 2.75) is 31.3 Å². The molecule has 0 aromatic heterocycles. The van der Waals surface area contributed by atoms with Crippen molar-refractivity contribution in [1.29, 1.82) is 0 Å². The smallest absolute Gasteiger partial charge is 0.0723 e. The molecule has 5 heteroatoms. The third kappa shape index (κ3) is 3.05. The summed E-state index contributed by atoms with van der Waals surface area (Å²) in [6, 6.07) is 13.5.